The number of halogens is 2. The lowest BCUT2D eigenvalue weighted by Crippen LogP contribution is -2.51. The van der Waals surface area contributed by atoms with E-state index in [0.717, 1.165) is 25.6 Å². The summed E-state index contributed by atoms with van der Waals surface area (Å²) < 4.78 is 2.36. The molecule has 1 N–H and O–H groups in total. The van der Waals surface area contributed by atoms with E-state index in [1.165, 1.54) is 33.9 Å². The molecule has 1 unspecified atom stereocenters. The van der Waals surface area contributed by atoms with Crippen molar-refractivity contribution in [1.29, 1.82) is 0 Å². The summed E-state index contributed by atoms with van der Waals surface area (Å²) in [6.45, 7) is 5.74. The highest BCUT2D eigenvalue weighted by atomic mass is 79.9. The first-order chi connectivity index (χ1) is 9.10. The summed E-state index contributed by atoms with van der Waals surface area (Å²) in [5.74, 6) is 0.856. The molecule has 1 saturated heterocycles. The van der Waals surface area contributed by atoms with Crippen molar-refractivity contribution in [2.75, 3.05) is 24.5 Å². The lowest BCUT2D eigenvalue weighted by molar-refractivity contribution is 0.331. The average molecular weight is 388 g/mol. The van der Waals surface area contributed by atoms with Crippen LogP contribution in [0.15, 0.2) is 27.1 Å². The fourth-order valence-electron chi connectivity index (χ4n) is 3.15. The molecule has 0 amide bonds. The van der Waals surface area contributed by atoms with Crippen LogP contribution in [0.4, 0.5) is 5.69 Å². The number of nitrogens with one attached hydrogen (secondary N) is 1. The summed E-state index contributed by atoms with van der Waals surface area (Å²) in [4.78, 5) is 2.53. The minimum absolute atomic E-state index is 0.269. The molecule has 1 aliphatic carbocycles. The number of benzene rings is 1. The molecule has 1 aliphatic heterocycles. The van der Waals surface area contributed by atoms with Crippen molar-refractivity contribution in [1.82, 2.24) is 5.32 Å². The highest BCUT2D eigenvalue weighted by molar-refractivity contribution is 9.11. The zero-order valence-corrected chi connectivity index (χ0v) is 14.4. The van der Waals surface area contributed by atoms with Gasteiger partial charge in [0.05, 0.1) is 5.69 Å². The first-order valence-electron chi connectivity index (χ1n) is 7.04. The summed E-state index contributed by atoms with van der Waals surface area (Å²) in [6.07, 6.45) is 3.97. The quantitative estimate of drug-likeness (QED) is 0.818. The topological polar surface area (TPSA) is 15.3 Å². The molecule has 0 spiro atoms. The summed E-state index contributed by atoms with van der Waals surface area (Å²) in [6, 6.07) is 6.34. The van der Waals surface area contributed by atoms with Crippen molar-refractivity contribution >= 4 is 37.5 Å². The fourth-order valence-corrected chi connectivity index (χ4v) is 4.65. The zero-order chi connectivity index (χ0) is 13.5. The molecular weight excluding hydrogens is 368 g/mol. The third-order valence-electron chi connectivity index (χ3n) is 4.39. The van der Waals surface area contributed by atoms with Gasteiger partial charge in [-0.15, -0.1) is 0 Å². The molecule has 1 aromatic carbocycles. The third kappa shape index (κ3) is 2.86. The maximum atomic E-state index is 3.79. The van der Waals surface area contributed by atoms with Gasteiger partial charge in [0.2, 0.25) is 0 Å². The van der Waals surface area contributed by atoms with Gasteiger partial charge in [0, 0.05) is 27.6 Å². The van der Waals surface area contributed by atoms with E-state index in [1.54, 1.807) is 0 Å². The van der Waals surface area contributed by atoms with Gasteiger partial charge in [0.25, 0.3) is 0 Å². The Morgan fingerprint density at radius 1 is 1.26 bits per heavy atom. The highest BCUT2D eigenvalue weighted by Crippen LogP contribution is 2.42. The zero-order valence-electron chi connectivity index (χ0n) is 11.3. The first kappa shape index (κ1) is 13.9. The van der Waals surface area contributed by atoms with E-state index in [2.05, 4.69) is 67.2 Å². The number of hydrogen-bond acceptors (Lipinski definition) is 2. The molecule has 0 bridgehead atoms. The van der Waals surface area contributed by atoms with Gasteiger partial charge in [-0.2, -0.15) is 0 Å². The van der Waals surface area contributed by atoms with Crippen LogP contribution in [0.5, 0.6) is 0 Å². The van der Waals surface area contributed by atoms with E-state index in [-0.39, 0.29) is 5.54 Å². The van der Waals surface area contributed by atoms with Crippen molar-refractivity contribution in [2.24, 2.45) is 5.92 Å². The summed E-state index contributed by atoms with van der Waals surface area (Å²) in [7, 11) is 0. The van der Waals surface area contributed by atoms with E-state index in [0.29, 0.717) is 0 Å². The molecule has 104 valence electrons. The van der Waals surface area contributed by atoms with Gasteiger partial charge in [-0.25, -0.2) is 0 Å². The van der Waals surface area contributed by atoms with Gasteiger partial charge in [-0.05, 0) is 82.6 Å². The van der Waals surface area contributed by atoms with Crippen molar-refractivity contribution in [3.63, 3.8) is 0 Å². The van der Waals surface area contributed by atoms with E-state index >= 15 is 0 Å². The second kappa shape index (κ2) is 5.38. The van der Waals surface area contributed by atoms with Crippen molar-refractivity contribution in [3.8, 4) is 0 Å². The van der Waals surface area contributed by atoms with Gasteiger partial charge in [0.15, 0.2) is 0 Å². The summed E-state index contributed by atoms with van der Waals surface area (Å²) >= 11 is 7.41. The van der Waals surface area contributed by atoms with E-state index < -0.39 is 0 Å². The average Bonchev–Trinajstić information content (AvgIpc) is 3.16. The van der Waals surface area contributed by atoms with Crippen LogP contribution in [0.1, 0.15) is 26.2 Å². The van der Waals surface area contributed by atoms with Crippen LogP contribution in [0, 0.1) is 5.92 Å². The second-order valence-electron chi connectivity index (χ2n) is 5.96. The molecule has 1 aromatic rings. The maximum Gasteiger partial charge on any atom is 0.0655 e. The predicted octanol–water partition coefficient (Wildman–Crippen LogP) is 4.18. The SMILES string of the molecule is CC1(C2CC2)CN(c2c(Br)cccc2Br)CCCN1. The third-order valence-corrected chi connectivity index (χ3v) is 5.66. The van der Waals surface area contributed by atoms with Crippen LogP contribution in [-0.4, -0.2) is 25.2 Å². The summed E-state index contributed by atoms with van der Waals surface area (Å²) in [5, 5.41) is 3.79. The molecule has 1 saturated carbocycles. The monoisotopic (exact) mass is 386 g/mol. The van der Waals surface area contributed by atoms with E-state index in [9.17, 15) is 0 Å². The highest BCUT2D eigenvalue weighted by Gasteiger charge is 2.43. The number of nitrogens with zero attached hydrogens (tertiary/aromatic N) is 1. The lowest BCUT2D eigenvalue weighted by atomic mass is 9.95. The minimum atomic E-state index is 0.269. The van der Waals surface area contributed by atoms with Crippen LogP contribution >= 0.6 is 31.9 Å². The molecular formula is C15H20Br2N2. The molecule has 19 heavy (non-hydrogen) atoms. The fraction of sp³-hybridized carbons (Fsp3) is 0.600. The largest absolute Gasteiger partial charge is 0.368 e. The molecule has 3 rings (SSSR count). The van der Waals surface area contributed by atoms with Gasteiger partial charge in [-0.3, -0.25) is 0 Å². The number of anilines is 1. The molecule has 2 nitrogen and oxygen atoms in total. The van der Waals surface area contributed by atoms with Crippen LogP contribution in [-0.2, 0) is 0 Å². The number of hydrogen-bond donors (Lipinski definition) is 1. The maximum absolute atomic E-state index is 3.79. The second-order valence-corrected chi connectivity index (χ2v) is 7.67. The Bertz CT molecular complexity index is 453. The molecule has 0 radical (unpaired) electrons. The van der Waals surface area contributed by atoms with Crippen LogP contribution < -0.4 is 10.2 Å². The van der Waals surface area contributed by atoms with Crippen molar-refractivity contribution in [2.45, 2.75) is 31.7 Å². The smallest absolute Gasteiger partial charge is 0.0655 e. The van der Waals surface area contributed by atoms with Crippen molar-refractivity contribution in [3.05, 3.63) is 27.1 Å². The number of para-hydroxylation sites is 1. The van der Waals surface area contributed by atoms with Gasteiger partial charge in [0.1, 0.15) is 0 Å². The molecule has 2 fully saturated rings. The van der Waals surface area contributed by atoms with E-state index in [1.807, 2.05) is 0 Å². The summed E-state index contributed by atoms with van der Waals surface area (Å²) in [5.41, 5.74) is 1.57. The molecule has 2 aliphatic rings. The van der Waals surface area contributed by atoms with Crippen LogP contribution in [0.3, 0.4) is 0 Å². The minimum Gasteiger partial charge on any atom is -0.368 e. The Balaban J connectivity index is 1.90. The number of rotatable bonds is 2. The standard InChI is InChI=1S/C15H20Br2N2/c1-15(11-6-7-11)10-19(9-3-8-18-15)14-12(16)4-2-5-13(14)17/h2,4-5,11,18H,3,6-10H2,1H3. The Hall–Kier alpha value is -0.0600. The lowest BCUT2D eigenvalue weighted by Gasteiger charge is -2.35. The van der Waals surface area contributed by atoms with E-state index in [4.69, 9.17) is 0 Å². The Morgan fingerprint density at radius 3 is 2.58 bits per heavy atom. The Morgan fingerprint density at radius 2 is 1.95 bits per heavy atom. The molecule has 1 heterocycles. The molecule has 4 heteroatoms. The molecule has 1 atom stereocenters. The normalized spacial score (nSPS) is 28.3. The van der Waals surface area contributed by atoms with Gasteiger partial charge < -0.3 is 10.2 Å². The Kier molecular flexibility index (Phi) is 3.93. The Labute approximate surface area is 132 Å². The van der Waals surface area contributed by atoms with Crippen molar-refractivity contribution < 1.29 is 0 Å². The van der Waals surface area contributed by atoms with Gasteiger partial charge in [-0.1, -0.05) is 6.07 Å². The van der Waals surface area contributed by atoms with Crippen LogP contribution in [0.2, 0.25) is 0 Å². The first-order valence-corrected chi connectivity index (χ1v) is 8.63. The van der Waals surface area contributed by atoms with Crippen LogP contribution in [0.25, 0.3) is 0 Å². The predicted molar refractivity (Wildman–Crippen MR) is 87.8 cm³/mol. The van der Waals surface area contributed by atoms with Gasteiger partial charge >= 0.3 is 0 Å². The molecule has 0 aromatic heterocycles.